The zero-order valence-electron chi connectivity index (χ0n) is 7.22. The van der Waals surface area contributed by atoms with E-state index in [-0.39, 0.29) is 5.70 Å². The standard InChI is InChI=1S/C7H11BrN2O2/c1-5(8)10-6(4-9-2)7(11)12-3/h4,9H,1-3H3/b6-4-,10-5?. The van der Waals surface area contributed by atoms with Crippen LogP contribution in [0.3, 0.4) is 0 Å². The minimum atomic E-state index is -0.469. The third-order valence-corrected chi connectivity index (χ3v) is 1.13. The van der Waals surface area contributed by atoms with Gasteiger partial charge in [-0.25, -0.2) is 9.79 Å². The predicted molar refractivity (Wildman–Crippen MR) is 51.2 cm³/mol. The molecule has 0 saturated heterocycles. The van der Waals surface area contributed by atoms with Crippen LogP contribution in [0.4, 0.5) is 0 Å². The first-order chi connectivity index (χ1) is 5.61. The minimum Gasteiger partial charge on any atom is -0.464 e. The van der Waals surface area contributed by atoms with Crippen molar-refractivity contribution in [3.63, 3.8) is 0 Å². The molecule has 12 heavy (non-hydrogen) atoms. The molecule has 0 amide bonds. The zero-order valence-corrected chi connectivity index (χ0v) is 8.81. The summed E-state index contributed by atoms with van der Waals surface area (Å²) in [5, 5.41) is 2.70. The van der Waals surface area contributed by atoms with Crippen LogP contribution in [0.5, 0.6) is 0 Å². The molecule has 0 aromatic carbocycles. The summed E-state index contributed by atoms with van der Waals surface area (Å²) in [5.74, 6) is -0.469. The topological polar surface area (TPSA) is 50.7 Å². The van der Waals surface area contributed by atoms with Crippen LogP contribution < -0.4 is 5.32 Å². The largest absolute Gasteiger partial charge is 0.464 e. The van der Waals surface area contributed by atoms with Crippen LogP contribution in [0.1, 0.15) is 6.92 Å². The Morgan fingerprint density at radius 1 is 1.67 bits per heavy atom. The molecule has 0 unspecified atom stereocenters. The van der Waals surface area contributed by atoms with Gasteiger partial charge in [-0.15, -0.1) is 0 Å². The van der Waals surface area contributed by atoms with E-state index in [0.29, 0.717) is 4.62 Å². The lowest BCUT2D eigenvalue weighted by molar-refractivity contribution is -0.136. The van der Waals surface area contributed by atoms with Gasteiger partial charge in [-0.1, -0.05) is 0 Å². The summed E-state index contributed by atoms with van der Waals surface area (Å²) in [7, 11) is 2.99. The Labute approximate surface area is 79.8 Å². The third kappa shape index (κ3) is 4.12. The van der Waals surface area contributed by atoms with Gasteiger partial charge in [-0.05, 0) is 22.9 Å². The maximum absolute atomic E-state index is 11.0. The Morgan fingerprint density at radius 2 is 2.25 bits per heavy atom. The molecule has 0 aromatic rings. The second kappa shape index (κ2) is 5.77. The molecule has 0 fully saturated rings. The molecular formula is C7H11BrN2O2. The molecule has 0 radical (unpaired) electrons. The van der Waals surface area contributed by atoms with E-state index in [1.807, 2.05) is 0 Å². The first-order valence-electron chi connectivity index (χ1n) is 3.28. The first-order valence-corrected chi connectivity index (χ1v) is 4.07. The van der Waals surface area contributed by atoms with Crippen molar-refractivity contribution in [2.24, 2.45) is 4.99 Å². The second-order valence-corrected chi connectivity index (χ2v) is 3.07. The average molecular weight is 235 g/mol. The summed E-state index contributed by atoms with van der Waals surface area (Å²) in [6.45, 7) is 1.73. The van der Waals surface area contributed by atoms with Crippen LogP contribution in [0.15, 0.2) is 16.9 Å². The van der Waals surface area contributed by atoms with E-state index in [0.717, 1.165) is 0 Å². The van der Waals surface area contributed by atoms with Gasteiger partial charge >= 0.3 is 5.97 Å². The van der Waals surface area contributed by atoms with Crippen molar-refractivity contribution in [1.82, 2.24) is 5.32 Å². The van der Waals surface area contributed by atoms with Crippen molar-refractivity contribution >= 4 is 26.5 Å². The summed E-state index contributed by atoms with van der Waals surface area (Å²) < 4.78 is 5.11. The molecule has 0 aliphatic rings. The van der Waals surface area contributed by atoms with Crippen LogP contribution in [-0.4, -0.2) is 24.7 Å². The summed E-state index contributed by atoms with van der Waals surface area (Å²) in [4.78, 5) is 14.9. The van der Waals surface area contributed by atoms with Crippen molar-refractivity contribution in [3.8, 4) is 0 Å². The number of rotatable bonds is 3. The van der Waals surface area contributed by atoms with E-state index in [2.05, 4.69) is 31.0 Å². The maximum Gasteiger partial charge on any atom is 0.358 e. The maximum atomic E-state index is 11.0. The smallest absolute Gasteiger partial charge is 0.358 e. The second-order valence-electron chi connectivity index (χ2n) is 1.92. The van der Waals surface area contributed by atoms with Crippen LogP contribution in [-0.2, 0) is 9.53 Å². The third-order valence-electron chi connectivity index (χ3n) is 0.950. The number of halogens is 1. The minimum absolute atomic E-state index is 0.231. The lowest BCUT2D eigenvalue weighted by Crippen LogP contribution is -2.07. The van der Waals surface area contributed by atoms with E-state index in [1.165, 1.54) is 13.3 Å². The lowest BCUT2D eigenvalue weighted by Gasteiger charge is -1.99. The molecule has 0 aromatic heterocycles. The molecule has 5 heteroatoms. The lowest BCUT2D eigenvalue weighted by atomic mass is 10.5. The van der Waals surface area contributed by atoms with Gasteiger partial charge in [-0.3, -0.25) is 0 Å². The van der Waals surface area contributed by atoms with Crippen molar-refractivity contribution in [1.29, 1.82) is 0 Å². The number of hydrogen-bond acceptors (Lipinski definition) is 4. The number of nitrogens with zero attached hydrogens (tertiary/aromatic N) is 1. The summed E-state index contributed by atoms with van der Waals surface area (Å²) >= 11 is 3.12. The van der Waals surface area contributed by atoms with Crippen molar-refractivity contribution in [2.75, 3.05) is 14.2 Å². The molecule has 0 aliphatic heterocycles. The Bertz CT molecular complexity index is 219. The number of methoxy groups -OCH3 is 1. The molecule has 0 bridgehead atoms. The highest BCUT2D eigenvalue weighted by Crippen LogP contribution is 2.01. The highest BCUT2D eigenvalue weighted by Gasteiger charge is 2.06. The molecule has 68 valence electrons. The molecule has 4 nitrogen and oxygen atoms in total. The van der Waals surface area contributed by atoms with Crippen LogP contribution in [0.25, 0.3) is 0 Å². The van der Waals surface area contributed by atoms with Gasteiger partial charge in [0.1, 0.15) is 0 Å². The molecule has 0 spiro atoms. The van der Waals surface area contributed by atoms with Gasteiger partial charge in [-0.2, -0.15) is 0 Å². The normalized spacial score (nSPS) is 12.7. The number of ether oxygens (including phenoxy) is 1. The quantitative estimate of drug-likeness (QED) is 0.451. The summed E-state index contributed by atoms with van der Waals surface area (Å²) in [5.41, 5.74) is 0.231. The highest BCUT2D eigenvalue weighted by atomic mass is 79.9. The molecule has 0 heterocycles. The van der Waals surface area contributed by atoms with Crippen molar-refractivity contribution in [2.45, 2.75) is 6.92 Å². The van der Waals surface area contributed by atoms with Gasteiger partial charge in [0.05, 0.1) is 11.7 Å². The summed E-state index contributed by atoms with van der Waals surface area (Å²) in [6, 6.07) is 0. The average Bonchev–Trinajstić information content (AvgIpc) is 2.01. The Kier molecular flexibility index (Phi) is 5.36. The molecular weight excluding hydrogens is 224 g/mol. The number of esters is 1. The van der Waals surface area contributed by atoms with E-state index >= 15 is 0 Å². The SMILES string of the molecule is CN/C=C(\N=C(C)Br)C(=O)OC. The molecule has 0 rings (SSSR count). The van der Waals surface area contributed by atoms with Crippen molar-refractivity contribution in [3.05, 3.63) is 11.9 Å². The number of carbonyl (C=O) groups excluding carboxylic acids is 1. The van der Waals surface area contributed by atoms with Crippen LogP contribution >= 0.6 is 15.9 Å². The fourth-order valence-electron chi connectivity index (χ4n) is 0.544. The van der Waals surface area contributed by atoms with E-state index in [4.69, 9.17) is 0 Å². The van der Waals surface area contributed by atoms with Gasteiger partial charge < -0.3 is 10.1 Å². The summed E-state index contributed by atoms with van der Waals surface area (Å²) in [6.07, 6.45) is 1.47. The number of hydrogen-bond donors (Lipinski definition) is 1. The molecule has 0 aliphatic carbocycles. The molecule has 0 atom stereocenters. The highest BCUT2D eigenvalue weighted by molar-refractivity contribution is 9.18. The Hall–Kier alpha value is -0.840. The van der Waals surface area contributed by atoms with Gasteiger partial charge in [0.25, 0.3) is 0 Å². The Morgan fingerprint density at radius 3 is 2.58 bits per heavy atom. The Balaban J connectivity index is 4.57. The van der Waals surface area contributed by atoms with Crippen LogP contribution in [0.2, 0.25) is 0 Å². The number of nitrogens with one attached hydrogen (secondary N) is 1. The van der Waals surface area contributed by atoms with E-state index < -0.39 is 5.97 Å². The zero-order chi connectivity index (χ0) is 9.56. The molecule has 0 saturated carbocycles. The fraction of sp³-hybridized carbons (Fsp3) is 0.429. The number of carbonyl (C=O) groups is 1. The first kappa shape index (κ1) is 11.2. The number of aliphatic imine (C=N–C) groups is 1. The van der Waals surface area contributed by atoms with Crippen LogP contribution in [0, 0.1) is 0 Å². The van der Waals surface area contributed by atoms with Gasteiger partial charge in [0, 0.05) is 13.2 Å². The van der Waals surface area contributed by atoms with Gasteiger partial charge in [0.15, 0.2) is 5.70 Å². The van der Waals surface area contributed by atoms with Gasteiger partial charge in [0.2, 0.25) is 0 Å². The molecule has 1 N–H and O–H groups in total. The van der Waals surface area contributed by atoms with Crippen molar-refractivity contribution < 1.29 is 9.53 Å². The fourth-order valence-corrected chi connectivity index (χ4v) is 0.735. The predicted octanol–water partition coefficient (Wildman–Crippen LogP) is 1.03. The monoisotopic (exact) mass is 234 g/mol. The van der Waals surface area contributed by atoms with E-state index in [9.17, 15) is 4.79 Å². The van der Waals surface area contributed by atoms with E-state index in [1.54, 1.807) is 14.0 Å².